The van der Waals surface area contributed by atoms with E-state index < -0.39 is 24.3 Å². The zero-order valence-electron chi connectivity index (χ0n) is 26.8. The number of benzene rings is 3. The molecule has 2 fully saturated rings. The number of aryl methyl sites for hydroxylation is 1. The first-order valence-electron chi connectivity index (χ1n) is 16.7. The molecule has 1 amide bonds. The summed E-state index contributed by atoms with van der Waals surface area (Å²) >= 11 is 0. The van der Waals surface area contributed by atoms with Gasteiger partial charge in [0.25, 0.3) is 0 Å². The van der Waals surface area contributed by atoms with E-state index in [2.05, 4.69) is 39.8 Å². The van der Waals surface area contributed by atoms with Gasteiger partial charge in [0.2, 0.25) is 11.9 Å². The summed E-state index contributed by atoms with van der Waals surface area (Å²) in [5.74, 6) is 1.01. The topological polar surface area (TPSA) is 154 Å². The number of aromatic nitrogens is 4. The molecule has 5 aromatic rings. The van der Waals surface area contributed by atoms with Crippen molar-refractivity contribution >= 4 is 28.8 Å². The third-order valence-corrected chi connectivity index (χ3v) is 9.63. The molecule has 3 heterocycles. The van der Waals surface area contributed by atoms with E-state index >= 15 is 0 Å². The smallest absolute Gasteiger partial charge is 0.229 e. The van der Waals surface area contributed by atoms with Crippen LogP contribution in [0.25, 0.3) is 11.2 Å². The van der Waals surface area contributed by atoms with Crippen LogP contribution >= 0.6 is 0 Å². The van der Waals surface area contributed by atoms with E-state index in [0.717, 1.165) is 18.5 Å². The van der Waals surface area contributed by atoms with Gasteiger partial charge in [-0.1, -0.05) is 91.0 Å². The molecule has 2 aliphatic rings. The lowest BCUT2D eigenvalue weighted by Gasteiger charge is -2.22. The lowest BCUT2D eigenvalue weighted by Crippen LogP contribution is -2.43. The predicted octanol–water partition coefficient (Wildman–Crippen LogP) is 3.39. The van der Waals surface area contributed by atoms with Gasteiger partial charge in [0.1, 0.15) is 12.2 Å². The van der Waals surface area contributed by atoms with E-state index in [9.17, 15) is 15.0 Å². The molecule has 1 aliphatic heterocycles. The Morgan fingerprint density at radius 3 is 2.23 bits per heavy atom. The first-order valence-corrected chi connectivity index (χ1v) is 16.7. The minimum absolute atomic E-state index is 0.0317. The maximum absolute atomic E-state index is 12.9. The van der Waals surface area contributed by atoms with Gasteiger partial charge < -0.3 is 36.0 Å². The number of nitrogens with two attached hydrogens (primary N) is 1. The van der Waals surface area contributed by atoms with Crippen LogP contribution in [0.4, 0.5) is 11.8 Å². The third-order valence-electron chi connectivity index (χ3n) is 9.63. The first kappa shape index (κ1) is 31.7. The number of nitrogens with zero attached hydrogens (tertiary/aromatic N) is 5. The maximum atomic E-state index is 12.9. The Labute approximate surface area is 279 Å². The van der Waals surface area contributed by atoms with Gasteiger partial charge in [0.05, 0.1) is 18.4 Å². The number of hydrogen-bond acceptors (Lipinski definition) is 9. The van der Waals surface area contributed by atoms with Crippen molar-refractivity contribution in [2.75, 3.05) is 29.9 Å². The van der Waals surface area contributed by atoms with Gasteiger partial charge in [-0.05, 0) is 36.0 Å². The van der Waals surface area contributed by atoms with Crippen LogP contribution in [0.2, 0.25) is 0 Å². The number of aliphatic hydroxyl groups excluding tert-OH is 2. The molecule has 3 aromatic carbocycles. The minimum atomic E-state index is -1.14. The van der Waals surface area contributed by atoms with Gasteiger partial charge in [-0.3, -0.25) is 4.79 Å². The van der Waals surface area contributed by atoms with Crippen LogP contribution in [0.3, 0.4) is 0 Å². The molecule has 11 heteroatoms. The Hall–Kier alpha value is -4.84. The van der Waals surface area contributed by atoms with E-state index in [1.807, 2.05) is 71.3 Å². The number of rotatable bonds is 11. The normalized spacial score (nSPS) is 22.4. The molecule has 0 bridgehead atoms. The highest BCUT2D eigenvalue weighted by Crippen LogP contribution is 2.35. The third kappa shape index (κ3) is 6.75. The second kappa shape index (κ2) is 14.1. The fourth-order valence-electron chi connectivity index (χ4n) is 6.99. The Bertz CT molecular complexity index is 1780. The van der Waals surface area contributed by atoms with Crippen molar-refractivity contribution < 1.29 is 15.0 Å². The summed E-state index contributed by atoms with van der Waals surface area (Å²) in [6, 6.07) is 29.4. The molecule has 11 nitrogen and oxygen atoms in total. The van der Waals surface area contributed by atoms with Crippen LogP contribution in [-0.4, -0.2) is 79.6 Å². The molecule has 7 rings (SSSR count). The summed E-state index contributed by atoms with van der Waals surface area (Å²) in [5.41, 5.74) is 10.8. The zero-order valence-corrected chi connectivity index (χ0v) is 26.8. The van der Waals surface area contributed by atoms with E-state index in [1.54, 1.807) is 6.33 Å². The Kier molecular flexibility index (Phi) is 9.33. The number of imidazole rings is 1. The van der Waals surface area contributed by atoms with Crippen LogP contribution in [-0.2, 0) is 11.2 Å². The van der Waals surface area contributed by atoms with E-state index in [0.29, 0.717) is 55.3 Å². The van der Waals surface area contributed by atoms with Gasteiger partial charge in [0.15, 0.2) is 17.0 Å². The monoisotopic (exact) mass is 646 g/mol. The second-order valence-corrected chi connectivity index (χ2v) is 12.9. The van der Waals surface area contributed by atoms with Crippen LogP contribution in [0.1, 0.15) is 47.9 Å². The van der Waals surface area contributed by atoms with E-state index in [-0.39, 0.29) is 17.9 Å². The number of anilines is 2. The highest BCUT2D eigenvalue weighted by molar-refractivity contribution is 5.84. The van der Waals surface area contributed by atoms with E-state index in [4.69, 9.17) is 20.7 Å². The highest BCUT2D eigenvalue weighted by Gasteiger charge is 2.44. The van der Waals surface area contributed by atoms with Crippen LogP contribution in [0.5, 0.6) is 0 Å². The summed E-state index contributed by atoms with van der Waals surface area (Å²) in [6.45, 7) is 1.93. The molecular formula is C37H42N8O3. The van der Waals surface area contributed by atoms with Crippen molar-refractivity contribution in [3.63, 3.8) is 0 Å². The van der Waals surface area contributed by atoms with Crippen molar-refractivity contribution in [1.29, 1.82) is 0 Å². The number of amides is 1. The number of nitrogens with one attached hydrogen (secondary N) is 2. The Balaban J connectivity index is 1.16. The predicted molar refractivity (Wildman–Crippen MR) is 186 cm³/mol. The number of hydrogen-bond donors (Lipinski definition) is 5. The van der Waals surface area contributed by atoms with Gasteiger partial charge in [-0.25, -0.2) is 4.98 Å². The van der Waals surface area contributed by atoms with Gasteiger partial charge >= 0.3 is 0 Å². The number of carbonyl (C=O) groups is 1. The lowest BCUT2D eigenvalue weighted by atomic mass is 9.91. The molecule has 5 unspecified atom stereocenters. The fourth-order valence-corrected chi connectivity index (χ4v) is 6.99. The molecule has 48 heavy (non-hydrogen) atoms. The van der Waals surface area contributed by atoms with Crippen LogP contribution in [0, 0.1) is 0 Å². The molecular weight excluding hydrogens is 604 g/mol. The molecule has 1 aliphatic carbocycles. The first-order chi connectivity index (χ1) is 23.4. The molecule has 6 N–H and O–H groups in total. The quantitative estimate of drug-likeness (QED) is 0.145. The average molecular weight is 647 g/mol. The Morgan fingerprint density at radius 1 is 0.917 bits per heavy atom. The highest BCUT2D eigenvalue weighted by atomic mass is 16.3. The van der Waals surface area contributed by atoms with E-state index in [1.165, 1.54) is 11.1 Å². The maximum Gasteiger partial charge on any atom is 0.229 e. The molecule has 5 atom stereocenters. The standard InChI is InChI=1S/C37H42N8O3/c38-27-18-19-44(22-27)37-42-35(39-21-28(25-12-6-2-7-13-25)26-14-8-3-9-15-26)32-36(43-37)45(23-40-32)30-20-29(33(47)34(30)48)41-31(46)17-16-24-10-4-1-5-11-24/h1-15,23,27-30,33-34,47-48H,16-22,38H2,(H,41,46)(H,39,42,43). The molecule has 0 radical (unpaired) electrons. The fraction of sp³-hybridized carbons (Fsp3) is 0.351. The minimum Gasteiger partial charge on any atom is -0.388 e. The van der Waals surface area contributed by atoms with Crippen molar-refractivity contribution in [2.24, 2.45) is 5.73 Å². The largest absolute Gasteiger partial charge is 0.388 e. The summed E-state index contributed by atoms with van der Waals surface area (Å²) in [5, 5.41) is 28.8. The lowest BCUT2D eigenvalue weighted by molar-refractivity contribution is -0.122. The van der Waals surface area contributed by atoms with Gasteiger partial charge in [0, 0.05) is 38.0 Å². The summed E-state index contributed by atoms with van der Waals surface area (Å²) < 4.78 is 1.82. The molecule has 0 spiro atoms. The Morgan fingerprint density at radius 2 is 1.58 bits per heavy atom. The van der Waals surface area contributed by atoms with Crippen molar-refractivity contribution in [1.82, 2.24) is 24.8 Å². The molecule has 2 aromatic heterocycles. The zero-order chi connectivity index (χ0) is 33.0. The van der Waals surface area contributed by atoms with Gasteiger partial charge in [-0.15, -0.1) is 0 Å². The van der Waals surface area contributed by atoms with Crippen LogP contribution < -0.4 is 21.3 Å². The van der Waals surface area contributed by atoms with Crippen molar-refractivity contribution in [2.45, 2.75) is 61.9 Å². The van der Waals surface area contributed by atoms with Crippen molar-refractivity contribution in [3.8, 4) is 0 Å². The summed E-state index contributed by atoms with van der Waals surface area (Å²) in [6.07, 6.45) is 1.43. The number of aliphatic hydroxyl groups is 2. The van der Waals surface area contributed by atoms with Gasteiger partial charge in [-0.2, -0.15) is 9.97 Å². The molecule has 248 valence electrons. The number of fused-ring (bicyclic) bond motifs is 1. The van der Waals surface area contributed by atoms with Crippen LogP contribution in [0.15, 0.2) is 97.3 Å². The number of carbonyl (C=O) groups excluding carboxylic acids is 1. The second-order valence-electron chi connectivity index (χ2n) is 12.9. The molecule has 1 saturated heterocycles. The molecule has 1 saturated carbocycles. The summed E-state index contributed by atoms with van der Waals surface area (Å²) in [7, 11) is 0. The SMILES string of the molecule is NC1CCN(c2nc(NCC(c3ccccc3)c3ccccc3)c3ncn(C4CC(NC(=O)CCc5ccccc5)C(O)C4O)c3n2)C1. The van der Waals surface area contributed by atoms with Crippen molar-refractivity contribution in [3.05, 3.63) is 114 Å². The summed E-state index contributed by atoms with van der Waals surface area (Å²) in [4.78, 5) is 29.6. The average Bonchev–Trinajstić information content (AvgIpc) is 3.82.